The quantitative estimate of drug-likeness (QED) is 0.846. The molecule has 0 spiro atoms. The van der Waals surface area contributed by atoms with Crippen molar-refractivity contribution in [3.8, 4) is 0 Å². The van der Waals surface area contributed by atoms with Gasteiger partial charge in [-0.05, 0) is 57.2 Å². The van der Waals surface area contributed by atoms with Gasteiger partial charge in [-0.2, -0.15) is 0 Å². The predicted molar refractivity (Wildman–Crippen MR) is 92.5 cm³/mol. The zero-order valence-electron chi connectivity index (χ0n) is 13.8. The number of rotatable bonds is 5. The van der Waals surface area contributed by atoms with Crippen LogP contribution in [0.1, 0.15) is 62.8 Å². The Labute approximate surface area is 140 Å². The molecule has 0 aliphatic carbocycles. The maximum atomic E-state index is 12.7. The maximum absolute atomic E-state index is 12.7. The summed E-state index contributed by atoms with van der Waals surface area (Å²) in [5, 5.41) is 2.09. The number of hydrogen-bond donors (Lipinski definition) is 1. The average molecular weight is 330 g/mol. The first-order chi connectivity index (χ1) is 11.0. The number of H-pyrrole nitrogens is 1. The molecule has 0 radical (unpaired) electrons. The van der Waals surface area contributed by atoms with Crippen LogP contribution in [0.3, 0.4) is 0 Å². The highest BCUT2D eigenvalue weighted by atomic mass is 32.1. The monoisotopic (exact) mass is 330 g/mol. The van der Waals surface area contributed by atoms with Gasteiger partial charge in [0.15, 0.2) is 11.6 Å². The highest BCUT2D eigenvalue weighted by molar-refractivity contribution is 7.10. The summed E-state index contributed by atoms with van der Waals surface area (Å²) in [6, 6.07) is 4.56. The molecule has 0 amide bonds. The molecule has 2 aromatic heterocycles. The first-order valence-corrected chi connectivity index (χ1v) is 8.87. The largest absolute Gasteiger partial charge is 0.355 e. The Morgan fingerprint density at radius 2 is 2.17 bits per heavy atom. The molecule has 1 aliphatic rings. The molecule has 3 heterocycles. The third-order valence-corrected chi connectivity index (χ3v) is 5.62. The average Bonchev–Trinajstić information content (AvgIpc) is 3.18. The minimum atomic E-state index is 0.00735. The summed E-state index contributed by atoms with van der Waals surface area (Å²) in [6.07, 6.45) is 2.23. The van der Waals surface area contributed by atoms with Crippen molar-refractivity contribution in [3.05, 3.63) is 44.9 Å². The van der Waals surface area contributed by atoms with Crippen LogP contribution < -0.4 is 0 Å². The van der Waals surface area contributed by atoms with Gasteiger partial charge in [-0.3, -0.25) is 14.5 Å². The van der Waals surface area contributed by atoms with Gasteiger partial charge in [-0.15, -0.1) is 11.3 Å². The molecule has 1 aliphatic heterocycles. The number of likely N-dealkylation sites (tertiary alicyclic amines) is 1. The summed E-state index contributed by atoms with van der Waals surface area (Å²) in [5.41, 5.74) is 2.82. The number of hydrogen-bond acceptors (Lipinski definition) is 4. The van der Waals surface area contributed by atoms with Crippen molar-refractivity contribution in [1.29, 1.82) is 0 Å². The molecule has 5 heteroatoms. The van der Waals surface area contributed by atoms with Gasteiger partial charge < -0.3 is 4.98 Å². The summed E-state index contributed by atoms with van der Waals surface area (Å²) < 4.78 is 0. The van der Waals surface area contributed by atoms with Crippen LogP contribution in [0.5, 0.6) is 0 Å². The number of nitrogens with one attached hydrogen (secondary N) is 1. The van der Waals surface area contributed by atoms with Gasteiger partial charge in [0.05, 0.1) is 12.2 Å². The molecule has 3 rings (SSSR count). The molecule has 1 atom stereocenters. The van der Waals surface area contributed by atoms with Crippen molar-refractivity contribution in [1.82, 2.24) is 9.88 Å². The number of carbonyl (C=O) groups excluding carboxylic acids is 2. The van der Waals surface area contributed by atoms with Crippen LogP contribution >= 0.6 is 11.3 Å². The fourth-order valence-electron chi connectivity index (χ4n) is 3.64. The highest BCUT2D eigenvalue weighted by Crippen LogP contribution is 2.34. The Kier molecular flexibility index (Phi) is 4.50. The summed E-state index contributed by atoms with van der Waals surface area (Å²) in [7, 11) is 0. The summed E-state index contributed by atoms with van der Waals surface area (Å²) in [4.78, 5) is 31.2. The fourth-order valence-corrected chi connectivity index (χ4v) is 4.53. The number of nitrogens with zero attached hydrogens (tertiary/aromatic N) is 1. The van der Waals surface area contributed by atoms with E-state index in [9.17, 15) is 9.59 Å². The molecule has 0 bridgehead atoms. The molecule has 0 saturated carbocycles. The molecule has 1 saturated heterocycles. The van der Waals surface area contributed by atoms with Gasteiger partial charge in [0.2, 0.25) is 0 Å². The first kappa shape index (κ1) is 16.1. The van der Waals surface area contributed by atoms with Gasteiger partial charge in [-0.1, -0.05) is 6.07 Å². The van der Waals surface area contributed by atoms with Crippen molar-refractivity contribution in [2.24, 2.45) is 0 Å². The Hall–Kier alpha value is -1.72. The highest BCUT2D eigenvalue weighted by Gasteiger charge is 2.29. The Bertz CT molecular complexity index is 731. The van der Waals surface area contributed by atoms with E-state index in [2.05, 4.69) is 27.4 Å². The predicted octanol–water partition coefficient (Wildman–Crippen LogP) is 3.92. The van der Waals surface area contributed by atoms with Crippen molar-refractivity contribution in [2.75, 3.05) is 13.1 Å². The van der Waals surface area contributed by atoms with Gasteiger partial charge in [0, 0.05) is 22.2 Å². The van der Waals surface area contributed by atoms with Crippen molar-refractivity contribution < 1.29 is 9.59 Å². The first-order valence-electron chi connectivity index (χ1n) is 7.99. The molecule has 122 valence electrons. The van der Waals surface area contributed by atoms with Crippen LogP contribution in [-0.4, -0.2) is 34.5 Å². The molecule has 1 N–H and O–H groups in total. The minimum Gasteiger partial charge on any atom is -0.355 e. The van der Waals surface area contributed by atoms with E-state index in [-0.39, 0.29) is 11.6 Å². The number of Topliss-reactive ketones (excluding diaryl/α,β-unsaturated/α-hetero) is 2. The maximum Gasteiger partial charge on any atom is 0.193 e. The van der Waals surface area contributed by atoms with Crippen molar-refractivity contribution in [3.63, 3.8) is 0 Å². The number of aromatic amines is 1. The van der Waals surface area contributed by atoms with E-state index >= 15 is 0 Å². The SMILES string of the molecule is CC(=O)c1c(C)[nH]c(C(=O)CN2CCC[C@@H]2c2cccs2)c1C. The molecule has 4 nitrogen and oxygen atoms in total. The number of aromatic nitrogens is 1. The summed E-state index contributed by atoms with van der Waals surface area (Å²) >= 11 is 1.76. The Morgan fingerprint density at radius 3 is 2.78 bits per heavy atom. The van der Waals surface area contributed by atoms with Crippen LogP contribution in [-0.2, 0) is 0 Å². The van der Waals surface area contributed by atoms with Gasteiger partial charge in [0.25, 0.3) is 0 Å². The molecule has 2 aromatic rings. The number of aryl methyl sites for hydroxylation is 1. The van der Waals surface area contributed by atoms with Crippen LogP contribution in [0.2, 0.25) is 0 Å². The lowest BCUT2D eigenvalue weighted by molar-refractivity contribution is 0.0917. The van der Waals surface area contributed by atoms with E-state index < -0.39 is 0 Å². The van der Waals surface area contributed by atoms with Crippen molar-refractivity contribution in [2.45, 2.75) is 39.7 Å². The molecule has 0 aromatic carbocycles. The van der Waals surface area contributed by atoms with E-state index in [0.29, 0.717) is 23.8 Å². The number of carbonyl (C=O) groups is 2. The second-order valence-electron chi connectivity index (χ2n) is 6.25. The molecule has 0 unspecified atom stereocenters. The lowest BCUT2D eigenvalue weighted by atomic mass is 10.0. The number of ketones is 2. The lowest BCUT2D eigenvalue weighted by Crippen LogP contribution is -2.29. The van der Waals surface area contributed by atoms with Gasteiger partial charge in [-0.25, -0.2) is 0 Å². The Morgan fingerprint density at radius 1 is 1.39 bits per heavy atom. The van der Waals surface area contributed by atoms with Gasteiger partial charge in [0.1, 0.15) is 0 Å². The zero-order valence-corrected chi connectivity index (χ0v) is 14.6. The van der Waals surface area contributed by atoms with Crippen LogP contribution in [0.4, 0.5) is 0 Å². The molecule has 1 fully saturated rings. The molecule has 23 heavy (non-hydrogen) atoms. The molecular formula is C18H22N2O2S. The third-order valence-electron chi connectivity index (χ3n) is 4.65. The van der Waals surface area contributed by atoms with Gasteiger partial charge >= 0.3 is 0 Å². The smallest absolute Gasteiger partial charge is 0.193 e. The van der Waals surface area contributed by atoms with Crippen LogP contribution in [0, 0.1) is 13.8 Å². The second-order valence-corrected chi connectivity index (χ2v) is 7.23. The van der Waals surface area contributed by atoms with E-state index in [4.69, 9.17) is 0 Å². The zero-order chi connectivity index (χ0) is 16.6. The number of thiophene rings is 1. The van der Waals surface area contributed by atoms with E-state index in [1.807, 2.05) is 13.8 Å². The van der Waals surface area contributed by atoms with Crippen molar-refractivity contribution >= 4 is 22.9 Å². The molecular weight excluding hydrogens is 308 g/mol. The topological polar surface area (TPSA) is 53.2 Å². The van der Waals surface area contributed by atoms with E-state index in [1.54, 1.807) is 18.3 Å². The normalized spacial score (nSPS) is 18.5. The fraction of sp³-hybridized carbons (Fsp3) is 0.444. The minimum absolute atomic E-state index is 0.00735. The standard InChI is InChI=1S/C18H22N2O2S/c1-11-17(13(3)21)12(2)19-18(11)15(22)10-20-8-4-6-14(20)16-7-5-9-23-16/h5,7,9,14,19H,4,6,8,10H2,1-3H3/t14-/m1/s1. The summed E-state index contributed by atoms with van der Waals surface area (Å²) in [6.45, 7) is 6.61. The Balaban J connectivity index is 1.79. The lowest BCUT2D eigenvalue weighted by Gasteiger charge is -2.22. The van der Waals surface area contributed by atoms with Crippen LogP contribution in [0.25, 0.3) is 0 Å². The van der Waals surface area contributed by atoms with E-state index in [0.717, 1.165) is 30.6 Å². The van der Waals surface area contributed by atoms with E-state index in [1.165, 1.54) is 4.88 Å². The second kappa shape index (κ2) is 6.42. The van der Waals surface area contributed by atoms with Crippen LogP contribution in [0.15, 0.2) is 17.5 Å². The third kappa shape index (κ3) is 3.03. The summed E-state index contributed by atoms with van der Waals surface area (Å²) in [5.74, 6) is 0.0782.